The van der Waals surface area contributed by atoms with E-state index in [0.717, 1.165) is 18.7 Å². The van der Waals surface area contributed by atoms with Gasteiger partial charge in [0.1, 0.15) is 5.01 Å². The molecule has 2 nitrogen and oxygen atoms in total. The highest BCUT2D eigenvalue weighted by atomic mass is 32.2. The first-order valence-corrected chi connectivity index (χ1v) is 8.21. The Balaban J connectivity index is 2.62. The standard InChI is InChI=1S/C13H24N2S2/c1-6-11-12(7-14-9(2)3)17-13(15-11)8-16-10(4)5/h9-10,14H,6-8H2,1-5H3. The molecule has 1 heterocycles. The van der Waals surface area contributed by atoms with Gasteiger partial charge < -0.3 is 5.32 Å². The van der Waals surface area contributed by atoms with Gasteiger partial charge in [-0.25, -0.2) is 4.98 Å². The highest BCUT2D eigenvalue weighted by Crippen LogP contribution is 2.24. The highest BCUT2D eigenvalue weighted by Gasteiger charge is 2.10. The maximum Gasteiger partial charge on any atom is 0.103 e. The molecule has 0 amide bonds. The van der Waals surface area contributed by atoms with Crippen LogP contribution in [0.4, 0.5) is 0 Å². The van der Waals surface area contributed by atoms with E-state index in [0.29, 0.717) is 11.3 Å². The van der Waals surface area contributed by atoms with Gasteiger partial charge >= 0.3 is 0 Å². The molecular weight excluding hydrogens is 248 g/mol. The van der Waals surface area contributed by atoms with E-state index in [1.54, 1.807) is 0 Å². The van der Waals surface area contributed by atoms with Crippen molar-refractivity contribution in [1.29, 1.82) is 0 Å². The van der Waals surface area contributed by atoms with Crippen molar-refractivity contribution < 1.29 is 0 Å². The molecule has 0 saturated carbocycles. The summed E-state index contributed by atoms with van der Waals surface area (Å²) < 4.78 is 0. The van der Waals surface area contributed by atoms with Crippen molar-refractivity contribution in [2.75, 3.05) is 0 Å². The zero-order chi connectivity index (χ0) is 12.8. The van der Waals surface area contributed by atoms with Gasteiger partial charge in [-0.05, 0) is 11.7 Å². The average molecular weight is 272 g/mol. The second-order valence-corrected chi connectivity index (χ2v) is 7.46. The van der Waals surface area contributed by atoms with Crippen molar-refractivity contribution in [2.45, 2.75) is 64.6 Å². The minimum atomic E-state index is 0.537. The first-order chi connectivity index (χ1) is 8.02. The Morgan fingerprint density at radius 1 is 1.29 bits per heavy atom. The molecule has 0 fully saturated rings. The molecule has 0 aliphatic carbocycles. The van der Waals surface area contributed by atoms with Crippen LogP contribution in [0.3, 0.4) is 0 Å². The Labute approximate surface area is 114 Å². The van der Waals surface area contributed by atoms with Gasteiger partial charge in [0.15, 0.2) is 0 Å². The number of hydrogen-bond acceptors (Lipinski definition) is 4. The lowest BCUT2D eigenvalue weighted by molar-refractivity contribution is 0.590. The fourth-order valence-corrected chi connectivity index (χ4v) is 3.33. The lowest BCUT2D eigenvalue weighted by Crippen LogP contribution is -2.21. The Kier molecular flexibility index (Phi) is 6.52. The molecule has 1 aromatic rings. The molecule has 0 spiro atoms. The summed E-state index contributed by atoms with van der Waals surface area (Å²) in [7, 11) is 0. The van der Waals surface area contributed by atoms with Crippen LogP contribution in [-0.4, -0.2) is 16.3 Å². The fraction of sp³-hybridized carbons (Fsp3) is 0.769. The third-order valence-electron chi connectivity index (χ3n) is 2.37. The minimum Gasteiger partial charge on any atom is -0.310 e. The molecule has 0 saturated heterocycles. The summed E-state index contributed by atoms with van der Waals surface area (Å²) >= 11 is 3.84. The molecule has 0 aliphatic rings. The summed E-state index contributed by atoms with van der Waals surface area (Å²) in [6, 6.07) is 0.537. The number of hydrogen-bond donors (Lipinski definition) is 1. The maximum atomic E-state index is 4.74. The largest absolute Gasteiger partial charge is 0.310 e. The van der Waals surface area contributed by atoms with E-state index >= 15 is 0 Å². The van der Waals surface area contributed by atoms with Crippen LogP contribution >= 0.6 is 23.1 Å². The third kappa shape index (κ3) is 5.40. The summed E-state index contributed by atoms with van der Waals surface area (Å²) in [5.41, 5.74) is 1.28. The number of thiazole rings is 1. The summed E-state index contributed by atoms with van der Waals surface area (Å²) in [6.45, 7) is 12.0. The Bertz CT molecular complexity index is 332. The molecular formula is C13H24N2S2. The van der Waals surface area contributed by atoms with Crippen LogP contribution < -0.4 is 5.32 Å². The predicted molar refractivity (Wildman–Crippen MR) is 79.9 cm³/mol. The quantitative estimate of drug-likeness (QED) is 0.816. The predicted octanol–water partition coefficient (Wildman–Crippen LogP) is 3.85. The van der Waals surface area contributed by atoms with Gasteiger partial charge in [0, 0.05) is 23.2 Å². The van der Waals surface area contributed by atoms with Crippen LogP contribution in [0, 0.1) is 0 Å². The fourth-order valence-electron chi connectivity index (χ4n) is 1.45. The van der Waals surface area contributed by atoms with Gasteiger partial charge in [-0.3, -0.25) is 0 Å². The number of rotatable bonds is 7. The Morgan fingerprint density at radius 3 is 2.53 bits per heavy atom. The molecule has 4 heteroatoms. The first-order valence-electron chi connectivity index (χ1n) is 6.35. The van der Waals surface area contributed by atoms with Gasteiger partial charge in [-0.2, -0.15) is 11.8 Å². The van der Waals surface area contributed by atoms with Gasteiger partial charge in [-0.1, -0.05) is 34.6 Å². The Hall–Kier alpha value is -0.0600. The van der Waals surface area contributed by atoms with Crippen molar-refractivity contribution in [2.24, 2.45) is 0 Å². The molecule has 0 atom stereocenters. The van der Waals surface area contributed by atoms with E-state index in [1.807, 2.05) is 23.1 Å². The second kappa shape index (κ2) is 7.39. The van der Waals surface area contributed by atoms with Crippen molar-refractivity contribution >= 4 is 23.1 Å². The minimum absolute atomic E-state index is 0.537. The number of thioether (sulfide) groups is 1. The van der Waals surface area contributed by atoms with E-state index in [9.17, 15) is 0 Å². The topological polar surface area (TPSA) is 24.9 Å². The van der Waals surface area contributed by atoms with Gasteiger partial charge in [0.25, 0.3) is 0 Å². The van der Waals surface area contributed by atoms with Gasteiger partial charge in [0.2, 0.25) is 0 Å². The lowest BCUT2D eigenvalue weighted by Gasteiger charge is -2.06. The monoisotopic (exact) mass is 272 g/mol. The molecule has 0 aromatic carbocycles. The molecule has 1 rings (SSSR count). The van der Waals surface area contributed by atoms with Crippen LogP contribution in [-0.2, 0) is 18.7 Å². The van der Waals surface area contributed by atoms with Crippen molar-refractivity contribution in [3.8, 4) is 0 Å². The van der Waals surface area contributed by atoms with E-state index in [2.05, 4.69) is 39.9 Å². The summed E-state index contributed by atoms with van der Waals surface area (Å²) in [5, 5.41) is 5.44. The molecule has 98 valence electrons. The van der Waals surface area contributed by atoms with Gasteiger partial charge in [-0.15, -0.1) is 11.3 Å². The SMILES string of the molecule is CCc1nc(CSC(C)C)sc1CNC(C)C. The van der Waals surface area contributed by atoms with E-state index < -0.39 is 0 Å². The molecule has 17 heavy (non-hydrogen) atoms. The zero-order valence-corrected chi connectivity index (χ0v) is 13.2. The summed E-state index contributed by atoms with van der Waals surface area (Å²) in [6.07, 6.45) is 1.04. The highest BCUT2D eigenvalue weighted by molar-refractivity contribution is 7.99. The lowest BCUT2D eigenvalue weighted by atomic mass is 10.3. The zero-order valence-electron chi connectivity index (χ0n) is 11.5. The van der Waals surface area contributed by atoms with E-state index in [4.69, 9.17) is 4.98 Å². The van der Waals surface area contributed by atoms with Gasteiger partial charge in [0.05, 0.1) is 5.69 Å². The second-order valence-electron chi connectivity index (χ2n) is 4.73. The molecule has 1 N–H and O–H groups in total. The van der Waals surface area contributed by atoms with E-state index in [-0.39, 0.29) is 0 Å². The van der Waals surface area contributed by atoms with Crippen LogP contribution in [0.5, 0.6) is 0 Å². The summed E-state index contributed by atoms with van der Waals surface area (Å²) in [4.78, 5) is 6.15. The maximum absolute atomic E-state index is 4.74. The van der Waals surface area contributed by atoms with E-state index in [1.165, 1.54) is 15.6 Å². The normalized spacial score (nSPS) is 11.7. The van der Waals surface area contributed by atoms with Crippen LogP contribution in [0.25, 0.3) is 0 Å². The van der Waals surface area contributed by atoms with Crippen LogP contribution in [0.1, 0.15) is 50.2 Å². The summed E-state index contributed by atoms with van der Waals surface area (Å²) in [5.74, 6) is 1.05. The Morgan fingerprint density at radius 2 is 2.00 bits per heavy atom. The molecule has 0 bridgehead atoms. The van der Waals surface area contributed by atoms with Crippen molar-refractivity contribution in [3.63, 3.8) is 0 Å². The molecule has 0 aliphatic heterocycles. The third-order valence-corrected chi connectivity index (χ3v) is 4.76. The number of aryl methyl sites for hydroxylation is 1. The van der Waals surface area contributed by atoms with Crippen molar-refractivity contribution in [3.05, 3.63) is 15.6 Å². The molecule has 0 radical (unpaired) electrons. The van der Waals surface area contributed by atoms with Crippen molar-refractivity contribution in [1.82, 2.24) is 10.3 Å². The van der Waals surface area contributed by atoms with Crippen LogP contribution in [0.15, 0.2) is 0 Å². The smallest absolute Gasteiger partial charge is 0.103 e. The molecule has 1 aromatic heterocycles. The number of nitrogens with zero attached hydrogens (tertiary/aromatic N) is 1. The number of nitrogens with one attached hydrogen (secondary N) is 1. The molecule has 0 unspecified atom stereocenters. The van der Waals surface area contributed by atoms with Crippen LogP contribution in [0.2, 0.25) is 0 Å². The number of aromatic nitrogens is 1. The average Bonchev–Trinajstić information content (AvgIpc) is 2.66. The first kappa shape index (κ1) is 15.0.